The average molecular weight is 326 g/mol. The SMILES string of the molecule is Cc1ccc(Sc2ncccc2C=[N+]([O-])C2CCCCC2)cc1. The van der Waals surface area contributed by atoms with Gasteiger partial charge in [-0.15, -0.1) is 0 Å². The van der Waals surface area contributed by atoms with Crippen LogP contribution in [-0.2, 0) is 0 Å². The predicted molar refractivity (Wildman–Crippen MR) is 95.2 cm³/mol. The summed E-state index contributed by atoms with van der Waals surface area (Å²) in [4.78, 5) is 5.60. The third kappa shape index (κ3) is 4.35. The number of pyridine rings is 1. The fourth-order valence-corrected chi connectivity index (χ4v) is 3.73. The van der Waals surface area contributed by atoms with Crippen molar-refractivity contribution in [2.24, 2.45) is 0 Å². The minimum Gasteiger partial charge on any atom is -0.624 e. The summed E-state index contributed by atoms with van der Waals surface area (Å²) in [7, 11) is 0. The van der Waals surface area contributed by atoms with Gasteiger partial charge in [0, 0.05) is 23.9 Å². The van der Waals surface area contributed by atoms with Crippen molar-refractivity contribution >= 4 is 18.0 Å². The molecule has 1 aromatic heterocycles. The quantitative estimate of drug-likeness (QED) is 0.350. The maximum atomic E-state index is 12.4. The second-order valence-electron chi connectivity index (χ2n) is 6.09. The Hall–Kier alpha value is -1.81. The first-order valence-corrected chi connectivity index (χ1v) is 9.04. The summed E-state index contributed by atoms with van der Waals surface area (Å²) in [5.74, 6) is 0. The van der Waals surface area contributed by atoms with Gasteiger partial charge in [0.25, 0.3) is 0 Å². The molecular formula is C19H22N2OS. The number of hydroxylamine groups is 1. The third-order valence-electron chi connectivity index (χ3n) is 4.24. The molecule has 3 nitrogen and oxygen atoms in total. The summed E-state index contributed by atoms with van der Waals surface area (Å²) in [6, 6.07) is 12.4. The number of rotatable bonds is 4. The number of nitrogens with zero attached hydrogens (tertiary/aromatic N) is 2. The molecule has 0 N–H and O–H groups in total. The highest BCUT2D eigenvalue weighted by molar-refractivity contribution is 7.99. The van der Waals surface area contributed by atoms with Crippen LogP contribution in [0.4, 0.5) is 0 Å². The molecule has 1 heterocycles. The largest absolute Gasteiger partial charge is 0.624 e. The zero-order valence-electron chi connectivity index (χ0n) is 13.4. The first kappa shape index (κ1) is 16.1. The summed E-state index contributed by atoms with van der Waals surface area (Å²) in [6.07, 6.45) is 9.08. The molecule has 1 aromatic carbocycles. The van der Waals surface area contributed by atoms with Gasteiger partial charge in [0.2, 0.25) is 0 Å². The highest BCUT2D eigenvalue weighted by atomic mass is 32.2. The molecule has 0 spiro atoms. The summed E-state index contributed by atoms with van der Waals surface area (Å²) >= 11 is 1.60. The Balaban J connectivity index is 1.81. The van der Waals surface area contributed by atoms with Crippen molar-refractivity contribution in [2.75, 3.05) is 0 Å². The van der Waals surface area contributed by atoms with Crippen molar-refractivity contribution in [2.45, 2.75) is 55.0 Å². The molecule has 0 radical (unpaired) electrons. The standard InChI is InChI=1S/C19H22N2OS/c1-15-9-11-18(12-10-15)23-19-16(6-5-13-20-19)14-21(22)17-7-3-2-4-8-17/h5-6,9-14,17H,2-4,7-8H2,1H3. The van der Waals surface area contributed by atoms with Gasteiger partial charge in [-0.2, -0.15) is 0 Å². The van der Waals surface area contributed by atoms with E-state index in [0.29, 0.717) is 0 Å². The van der Waals surface area contributed by atoms with Gasteiger partial charge in [0.1, 0.15) is 5.03 Å². The molecule has 2 aromatic rings. The molecule has 0 saturated heterocycles. The number of aryl methyl sites for hydroxylation is 1. The lowest BCUT2D eigenvalue weighted by Crippen LogP contribution is -2.25. The Morgan fingerprint density at radius 3 is 2.61 bits per heavy atom. The van der Waals surface area contributed by atoms with E-state index in [1.807, 2.05) is 12.1 Å². The van der Waals surface area contributed by atoms with E-state index in [2.05, 4.69) is 36.2 Å². The van der Waals surface area contributed by atoms with Crippen LogP contribution in [-0.4, -0.2) is 22.0 Å². The monoisotopic (exact) mass is 326 g/mol. The molecule has 1 saturated carbocycles. The van der Waals surface area contributed by atoms with E-state index in [4.69, 9.17) is 0 Å². The van der Waals surface area contributed by atoms with E-state index in [1.165, 1.54) is 12.0 Å². The van der Waals surface area contributed by atoms with Gasteiger partial charge in [-0.1, -0.05) is 35.9 Å². The molecule has 1 fully saturated rings. The van der Waals surface area contributed by atoms with E-state index in [0.717, 1.165) is 45.9 Å². The van der Waals surface area contributed by atoms with Crippen LogP contribution in [0.2, 0.25) is 0 Å². The van der Waals surface area contributed by atoms with Gasteiger partial charge in [-0.25, -0.2) is 9.72 Å². The zero-order chi connectivity index (χ0) is 16.1. The van der Waals surface area contributed by atoms with Gasteiger partial charge >= 0.3 is 0 Å². The second kappa shape index (κ2) is 7.64. The van der Waals surface area contributed by atoms with Crippen molar-refractivity contribution in [1.82, 2.24) is 4.98 Å². The Bertz CT molecular complexity index is 676. The topological polar surface area (TPSA) is 39.0 Å². The molecule has 0 aliphatic heterocycles. The molecule has 1 aliphatic rings. The molecule has 23 heavy (non-hydrogen) atoms. The number of benzene rings is 1. The number of hydrogen-bond donors (Lipinski definition) is 0. The highest BCUT2D eigenvalue weighted by Crippen LogP contribution is 2.28. The van der Waals surface area contributed by atoms with E-state index >= 15 is 0 Å². The van der Waals surface area contributed by atoms with Crippen LogP contribution < -0.4 is 0 Å². The smallest absolute Gasteiger partial charge is 0.184 e. The minimum atomic E-state index is 0.126. The lowest BCUT2D eigenvalue weighted by atomic mass is 9.96. The van der Waals surface area contributed by atoms with Crippen molar-refractivity contribution in [3.63, 3.8) is 0 Å². The highest BCUT2D eigenvalue weighted by Gasteiger charge is 2.20. The van der Waals surface area contributed by atoms with Crippen molar-refractivity contribution in [3.05, 3.63) is 58.9 Å². The maximum absolute atomic E-state index is 12.4. The first-order chi connectivity index (χ1) is 11.2. The molecule has 3 rings (SSSR count). The van der Waals surface area contributed by atoms with Gasteiger partial charge in [-0.3, -0.25) is 0 Å². The Morgan fingerprint density at radius 1 is 1.13 bits per heavy atom. The van der Waals surface area contributed by atoms with Gasteiger partial charge in [0.15, 0.2) is 12.3 Å². The van der Waals surface area contributed by atoms with Gasteiger partial charge in [0.05, 0.1) is 5.56 Å². The number of hydrogen-bond acceptors (Lipinski definition) is 3. The van der Waals surface area contributed by atoms with Crippen molar-refractivity contribution in [3.8, 4) is 0 Å². The molecule has 120 valence electrons. The maximum Gasteiger partial charge on any atom is 0.184 e. The van der Waals surface area contributed by atoms with Gasteiger partial charge < -0.3 is 5.21 Å². The summed E-state index contributed by atoms with van der Waals surface area (Å²) < 4.78 is 1.15. The molecule has 0 bridgehead atoms. The van der Waals surface area contributed by atoms with Crippen LogP contribution in [0, 0.1) is 12.1 Å². The molecule has 0 atom stereocenters. The lowest BCUT2D eigenvalue weighted by molar-refractivity contribution is -0.500. The van der Waals surface area contributed by atoms with E-state index in [1.54, 1.807) is 24.2 Å². The third-order valence-corrected chi connectivity index (χ3v) is 5.28. The van der Waals surface area contributed by atoms with Crippen molar-refractivity contribution in [1.29, 1.82) is 0 Å². The predicted octanol–water partition coefficient (Wildman–Crippen LogP) is 4.80. The van der Waals surface area contributed by atoms with Crippen LogP contribution in [0.3, 0.4) is 0 Å². The molecule has 0 amide bonds. The molecule has 4 heteroatoms. The zero-order valence-corrected chi connectivity index (χ0v) is 14.3. The summed E-state index contributed by atoms with van der Waals surface area (Å²) in [5.41, 5.74) is 2.14. The van der Waals surface area contributed by atoms with Crippen molar-refractivity contribution < 1.29 is 4.74 Å². The average Bonchev–Trinajstić information content (AvgIpc) is 2.59. The number of aromatic nitrogens is 1. The lowest BCUT2D eigenvalue weighted by Gasteiger charge is -2.21. The molecular weight excluding hydrogens is 304 g/mol. The van der Waals surface area contributed by atoms with Crippen LogP contribution in [0.5, 0.6) is 0 Å². The van der Waals surface area contributed by atoms with Crippen LogP contribution >= 0.6 is 11.8 Å². The van der Waals surface area contributed by atoms with E-state index in [9.17, 15) is 5.21 Å². The molecule has 1 aliphatic carbocycles. The molecule has 0 unspecified atom stereocenters. The minimum absolute atomic E-state index is 0.126. The normalized spacial score (nSPS) is 16.5. The second-order valence-corrected chi connectivity index (χ2v) is 7.16. The van der Waals surface area contributed by atoms with Crippen LogP contribution in [0.25, 0.3) is 0 Å². The Kier molecular flexibility index (Phi) is 5.34. The Labute approximate surface area is 142 Å². The van der Waals surface area contributed by atoms with Crippen LogP contribution in [0.1, 0.15) is 43.2 Å². The fraction of sp³-hybridized carbons (Fsp3) is 0.368. The first-order valence-electron chi connectivity index (χ1n) is 8.22. The summed E-state index contributed by atoms with van der Waals surface area (Å²) in [6.45, 7) is 2.08. The fourth-order valence-electron chi connectivity index (χ4n) is 2.88. The van der Waals surface area contributed by atoms with E-state index < -0.39 is 0 Å². The van der Waals surface area contributed by atoms with Gasteiger partial charge in [-0.05, 0) is 44.0 Å². The Morgan fingerprint density at radius 2 is 1.87 bits per heavy atom. The van der Waals surface area contributed by atoms with Crippen LogP contribution in [0.15, 0.2) is 52.5 Å². The summed E-state index contributed by atoms with van der Waals surface area (Å²) in [5, 5.41) is 13.3. The van der Waals surface area contributed by atoms with E-state index in [-0.39, 0.29) is 6.04 Å².